The van der Waals surface area contributed by atoms with Gasteiger partial charge < -0.3 is 10.1 Å². The van der Waals surface area contributed by atoms with Gasteiger partial charge in [0.05, 0.1) is 18.2 Å². The van der Waals surface area contributed by atoms with E-state index in [0.717, 1.165) is 18.2 Å². The summed E-state index contributed by atoms with van der Waals surface area (Å²) in [6.45, 7) is 3.38. The molecule has 0 spiro atoms. The monoisotopic (exact) mass is 389 g/mol. The molecule has 1 amide bonds. The van der Waals surface area contributed by atoms with Gasteiger partial charge in [-0.15, -0.1) is 10.2 Å². The summed E-state index contributed by atoms with van der Waals surface area (Å²) in [6, 6.07) is 8.96. The largest absolute Gasteiger partial charge is 0.457 e. The zero-order valence-corrected chi connectivity index (χ0v) is 14.6. The third-order valence-corrected chi connectivity index (χ3v) is 3.59. The van der Waals surface area contributed by atoms with Gasteiger partial charge in [-0.3, -0.25) is 4.79 Å². The molecule has 28 heavy (non-hydrogen) atoms. The van der Waals surface area contributed by atoms with Crippen LogP contribution in [0.4, 0.5) is 18.9 Å². The Morgan fingerprint density at radius 3 is 2.50 bits per heavy atom. The van der Waals surface area contributed by atoms with Crippen molar-refractivity contribution in [2.45, 2.75) is 6.18 Å². The lowest BCUT2D eigenvalue weighted by Crippen LogP contribution is -2.07. The fourth-order valence-electron chi connectivity index (χ4n) is 2.30. The molecule has 0 saturated heterocycles. The van der Waals surface area contributed by atoms with Crippen molar-refractivity contribution in [1.29, 1.82) is 0 Å². The Labute approximate surface area is 157 Å². The number of benzene rings is 2. The zero-order chi connectivity index (χ0) is 20.3. The fraction of sp³-hybridized carbons (Fsp3) is 0.111. The number of alkyl halides is 3. The summed E-state index contributed by atoms with van der Waals surface area (Å²) in [4.78, 5) is 12.8. The summed E-state index contributed by atoms with van der Waals surface area (Å²) in [5.74, 6) is 0.291. The van der Waals surface area contributed by atoms with Gasteiger partial charge in [-0.25, -0.2) is 0 Å². The second-order valence-corrected chi connectivity index (χ2v) is 5.63. The van der Waals surface area contributed by atoms with Crippen LogP contribution >= 0.6 is 0 Å². The van der Waals surface area contributed by atoms with Crippen molar-refractivity contribution in [2.75, 3.05) is 5.32 Å². The van der Waals surface area contributed by atoms with Crippen LogP contribution in [0.2, 0.25) is 0 Å². The predicted molar refractivity (Wildman–Crippen MR) is 94.6 cm³/mol. The highest BCUT2D eigenvalue weighted by atomic mass is 19.4. The molecule has 0 saturated carbocycles. The minimum absolute atomic E-state index is 0.195. The Bertz CT molecular complexity index is 1010. The van der Waals surface area contributed by atoms with Crippen LogP contribution in [-0.2, 0) is 18.0 Å². The number of anilines is 1. The molecule has 0 aliphatic rings. The molecule has 0 bridgehead atoms. The second-order valence-electron chi connectivity index (χ2n) is 5.63. The summed E-state index contributed by atoms with van der Waals surface area (Å²) < 4.78 is 43.8. The molecule has 10 heteroatoms. The third-order valence-electron chi connectivity index (χ3n) is 3.59. The van der Waals surface area contributed by atoms with Gasteiger partial charge in [0, 0.05) is 5.69 Å². The number of hydrogen-bond donors (Lipinski definition) is 1. The molecular weight excluding hydrogens is 375 g/mol. The number of aromatic nitrogens is 4. The molecule has 0 fully saturated rings. The smallest absolute Gasteiger partial charge is 0.416 e. The molecule has 2 aromatic carbocycles. The van der Waals surface area contributed by atoms with Gasteiger partial charge in [-0.05, 0) is 53.8 Å². The molecule has 1 N–H and O–H groups in total. The van der Waals surface area contributed by atoms with Crippen LogP contribution in [0.3, 0.4) is 0 Å². The Balaban J connectivity index is 1.95. The summed E-state index contributed by atoms with van der Waals surface area (Å²) in [5.41, 5.74) is 0.0557. The van der Waals surface area contributed by atoms with Gasteiger partial charge in [-0.2, -0.15) is 18.0 Å². The molecule has 0 radical (unpaired) electrons. The highest BCUT2D eigenvalue weighted by molar-refractivity contribution is 5.99. The molecule has 3 aromatic rings. The topological polar surface area (TPSA) is 81.9 Å². The van der Waals surface area contributed by atoms with E-state index in [9.17, 15) is 18.0 Å². The number of halogens is 3. The average molecular weight is 389 g/mol. The molecule has 144 valence electrons. The number of carbonyl (C=O) groups is 1. The quantitative estimate of drug-likeness (QED) is 0.671. The van der Waals surface area contributed by atoms with Gasteiger partial charge in [-0.1, -0.05) is 6.58 Å². The zero-order valence-electron chi connectivity index (χ0n) is 14.6. The van der Waals surface area contributed by atoms with Crippen LogP contribution in [0.25, 0.3) is 11.4 Å². The van der Waals surface area contributed by atoms with E-state index in [-0.39, 0.29) is 17.3 Å². The summed E-state index contributed by atoms with van der Waals surface area (Å²) >= 11 is 0. The van der Waals surface area contributed by atoms with Gasteiger partial charge in [0.25, 0.3) is 0 Å². The SMILES string of the molecule is C=CC(=O)Nc1ccc(Oc2ccc(C(F)(F)F)cc2)c(-c2nnn(C)n2)c1. The highest BCUT2D eigenvalue weighted by Gasteiger charge is 2.30. The van der Waals surface area contributed by atoms with E-state index in [1.54, 1.807) is 25.2 Å². The van der Waals surface area contributed by atoms with Crippen LogP contribution < -0.4 is 10.1 Å². The Kier molecular flexibility index (Phi) is 5.12. The van der Waals surface area contributed by atoms with E-state index in [1.165, 1.54) is 16.9 Å². The maximum absolute atomic E-state index is 12.7. The highest BCUT2D eigenvalue weighted by Crippen LogP contribution is 2.35. The lowest BCUT2D eigenvalue weighted by molar-refractivity contribution is -0.137. The van der Waals surface area contributed by atoms with Crippen molar-refractivity contribution >= 4 is 11.6 Å². The standard InChI is InChI=1S/C18H14F3N5O2/c1-3-16(27)22-12-6-9-15(14(10-12)17-23-25-26(2)24-17)28-13-7-4-11(5-8-13)18(19,20)21/h3-10H,1H2,2H3,(H,22,27). The first-order valence-electron chi connectivity index (χ1n) is 7.93. The van der Waals surface area contributed by atoms with Crippen LogP contribution in [0.1, 0.15) is 5.56 Å². The first-order chi connectivity index (χ1) is 13.3. The summed E-state index contributed by atoms with van der Waals surface area (Å²) in [5, 5.41) is 14.4. The fourth-order valence-corrected chi connectivity index (χ4v) is 2.30. The van der Waals surface area contributed by atoms with Crippen molar-refractivity contribution in [3.05, 3.63) is 60.7 Å². The molecule has 1 aromatic heterocycles. The van der Waals surface area contributed by atoms with Crippen molar-refractivity contribution in [2.24, 2.45) is 7.05 Å². The molecule has 0 aliphatic carbocycles. The summed E-state index contributed by atoms with van der Waals surface area (Å²) in [7, 11) is 1.58. The van der Waals surface area contributed by atoms with Gasteiger partial charge in [0.2, 0.25) is 11.7 Å². The van der Waals surface area contributed by atoms with Gasteiger partial charge in [0.15, 0.2) is 0 Å². The number of ether oxygens (including phenoxy) is 1. The summed E-state index contributed by atoms with van der Waals surface area (Å²) in [6.07, 6.45) is -3.31. The molecular formula is C18H14F3N5O2. The lowest BCUT2D eigenvalue weighted by atomic mass is 10.1. The average Bonchev–Trinajstić information content (AvgIpc) is 3.08. The second kappa shape index (κ2) is 7.51. The van der Waals surface area contributed by atoms with Crippen LogP contribution in [-0.4, -0.2) is 26.1 Å². The number of nitrogens with one attached hydrogen (secondary N) is 1. The van der Waals surface area contributed by atoms with Crippen molar-refractivity contribution < 1.29 is 22.7 Å². The molecule has 0 aliphatic heterocycles. The molecule has 7 nitrogen and oxygen atoms in total. The number of rotatable bonds is 5. The van der Waals surface area contributed by atoms with Crippen molar-refractivity contribution in [3.63, 3.8) is 0 Å². The maximum Gasteiger partial charge on any atom is 0.416 e. The minimum Gasteiger partial charge on any atom is -0.457 e. The lowest BCUT2D eigenvalue weighted by Gasteiger charge is -2.12. The molecule has 3 rings (SSSR count). The molecule has 0 atom stereocenters. The molecule has 1 heterocycles. The number of aryl methyl sites for hydroxylation is 1. The van der Waals surface area contributed by atoms with Gasteiger partial charge in [0.1, 0.15) is 11.5 Å². The van der Waals surface area contributed by atoms with E-state index in [2.05, 4.69) is 27.3 Å². The van der Waals surface area contributed by atoms with Crippen LogP contribution in [0.5, 0.6) is 11.5 Å². The molecule has 0 unspecified atom stereocenters. The number of nitrogens with zero attached hydrogens (tertiary/aromatic N) is 4. The third kappa shape index (κ3) is 4.34. The van der Waals surface area contributed by atoms with E-state index in [1.807, 2.05) is 0 Å². The number of hydrogen-bond acceptors (Lipinski definition) is 5. The number of amides is 1. The normalized spacial score (nSPS) is 11.1. The maximum atomic E-state index is 12.7. The van der Waals surface area contributed by atoms with Crippen molar-refractivity contribution in [1.82, 2.24) is 20.2 Å². The van der Waals surface area contributed by atoms with E-state index < -0.39 is 17.6 Å². The Morgan fingerprint density at radius 2 is 1.93 bits per heavy atom. The first kappa shape index (κ1) is 19.1. The van der Waals surface area contributed by atoms with Crippen LogP contribution in [0, 0.1) is 0 Å². The van der Waals surface area contributed by atoms with E-state index in [4.69, 9.17) is 4.74 Å². The Hall–Kier alpha value is -3.69. The van der Waals surface area contributed by atoms with Crippen molar-refractivity contribution in [3.8, 4) is 22.9 Å². The minimum atomic E-state index is -4.43. The van der Waals surface area contributed by atoms with E-state index in [0.29, 0.717) is 11.3 Å². The Morgan fingerprint density at radius 1 is 1.21 bits per heavy atom. The predicted octanol–water partition coefficient (Wildman–Crippen LogP) is 3.81. The van der Waals surface area contributed by atoms with Gasteiger partial charge >= 0.3 is 6.18 Å². The first-order valence-corrected chi connectivity index (χ1v) is 7.93. The number of carbonyl (C=O) groups excluding carboxylic acids is 1. The van der Waals surface area contributed by atoms with Crippen LogP contribution in [0.15, 0.2) is 55.1 Å². The number of tetrazole rings is 1. The van der Waals surface area contributed by atoms with E-state index >= 15 is 0 Å².